The Morgan fingerprint density at radius 3 is 2.85 bits per heavy atom. The van der Waals surface area contributed by atoms with Crippen LogP contribution in [-0.2, 0) is 6.54 Å². The molecule has 4 heteroatoms. The average molecular weight is 281 g/mol. The predicted octanol–water partition coefficient (Wildman–Crippen LogP) is 4.29. The lowest BCUT2D eigenvalue weighted by atomic mass is 10.2. The molecule has 0 radical (unpaired) electrons. The zero-order valence-electron chi connectivity index (χ0n) is 11.5. The average Bonchev–Trinajstić information content (AvgIpc) is 3.05. The summed E-state index contributed by atoms with van der Waals surface area (Å²) in [4.78, 5) is 4.74. The van der Waals surface area contributed by atoms with Crippen molar-refractivity contribution in [3.05, 3.63) is 40.6 Å². The molecule has 0 saturated carbocycles. The van der Waals surface area contributed by atoms with E-state index in [1.54, 1.807) is 11.3 Å². The fourth-order valence-corrected chi connectivity index (χ4v) is 3.00. The maximum absolute atomic E-state index is 9.02. The van der Waals surface area contributed by atoms with Crippen LogP contribution in [0.5, 0.6) is 0 Å². The van der Waals surface area contributed by atoms with Crippen LogP contribution in [-0.4, -0.2) is 9.55 Å². The Hall–Kier alpha value is -2.12. The topological polar surface area (TPSA) is 41.6 Å². The molecule has 2 heterocycles. The molecule has 0 bridgehead atoms. The summed E-state index contributed by atoms with van der Waals surface area (Å²) in [7, 11) is 0. The lowest BCUT2D eigenvalue weighted by Crippen LogP contribution is -2.05. The van der Waals surface area contributed by atoms with E-state index in [9.17, 15) is 0 Å². The molecule has 100 valence electrons. The van der Waals surface area contributed by atoms with Gasteiger partial charge in [0.2, 0.25) is 0 Å². The van der Waals surface area contributed by atoms with Gasteiger partial charge in [-0.15, -0.1) is 0 Å². The van der Waals surface area contributed by atoms with Crippen LogP contribution in [0.1, 0.15) is 19.4 Å². The number of rotatable bonds is 3. The molecular weight excluding hydrogens is 266 g/mol. The highest BCUT2D eigenvalue weighted by molar-refractivity contribution is 7.08. The molecule has 0 fully saturated rings. The maximum atomic E-state index is 9.02. The van der Waals surface area contributed by atoms with Gasteiger partial charge in [-0.3, -0.25) is 0 Å². The van der Waals surface area contributed by atoms with Crippen LogP contribution in [0.25, 0.3) is 22.4 Å². The minimum atomic E-state index is 0.542. The number of benzene rings is 1. The van der Waals surface area contributed by atoms with Gasteiger partial charge in [-0.25, -0.2) is 4.98 Å². The van der Waals surface area contributed by atoms with Gasteiger partial charge in [0.25, 0.3) is 0 Å². The number of hydrogen-bond donors (Lipinski definition) is 0. The molecule has 2 aromatic heterocycles. The summed E-state index contributed by atoms with van der Waals surface area (Å²) in [5, 5.41) is 13.2. The van der Waals surface area contributed by atoms with E-state index in [2.05, 4.69) is 41.3 Å². The van der Waals surface area contributed by atoms with E-state index in [1.165, 1.54) is 0 Å². The predicted molar refractivity (Wildman–Crippen MR) is 82.6 cm³/mol. The van der Waals surface area contributed by atoms with Gasteiger partial charge in [0.15, 0.2) is 0 Å². The van der Waals surface area contributed by atoms with Crippen molar-refractivity contribution < 1.29 is 0 Å². The Morgan fingerprint density at radius 1 is 1.35 bits per heavy atom. The molecule has 0 aliphatic heterocycles. The Morgan fingerprint density at radius 2 is 2.20 bits per heavy atom. The Bertz CT molecular complexity index is 776. The summed E-state index contributed by atoms with van der Waals surface area (Å²) in [6.07, 6.45) is 0. The van der Waals surface area contributed by atoms with Gasteiger partial charge < -0.3 is 4.57 Å². The molecule has 0 unspecified atom stereocenters. The summed E-state index contributed by atoms with van der Waals surface area (Å²) >= 11 is 1.67. The zero-order chi connectivity index (χ0) is 14.1. The number of nitriles is 1. The van der Waals surface area contributed by atoms with Crippen molar-refractivity contribution >= 4 is 22.4 Å². The van der Waals surface area contributed by atoms with Crippen LogP contribution in [0, 0.1) is 17.2 Å². The summed E-state index contributed by atoms with van der Waals surface area (Å²) in [5.41, 5.74) is 3.79. The summed E-state index contributed by atoms with van der Waals surface area (Å²) in [6.45, 7) is 5.33. The fourth-order valence-electron chi connectivity index (χ4n) is 2.36. The van der Waals surface area contributed by atoms with Gasteiger partial charge in [-0.1, -0.05) is 13.8 Å². The summed E-state index contributed by atoms with van der Waals surface area (Å²) in [6, 6.07) is 9.99. The molecule has 3 rings (SSSR count). The standard InChI is InChI=1S/C16H15N3S/c1-11(2)9-19-15-4-3-12(8-17)7-14(15)18-16(19)13-5-6-20-10-13/h3-7,10-11H,9H2,1-2H3. The largest absolute Gasteiger partial charge is 0.324 e. The van der Waals surface area contributed by atoms with Crippen LogP contribution in [0.3, 0.4) is 0 Å². The van der Waals surface area contributed by atoms with Crippen LogP contribution in [0.2, 0.25) is 0 Å². The van der Waals surface area contributed by atoms with E-state index in [0.29, 0.717) is 11.5 Å². The summed E-state index contributed by atoms with van der Waals surface area (Å²) in [5.74, 6) is 1.53. The SMILES string of the molecule is CC(C)Cn1c(-c2ccsc2)nc2cc(C#N)ccc21. The molecule has 0 aliphatic carbocycles. The molecule has 0 spiro atoms. The highest BCUT2D eigenvalue weighted by atomic mass is 32.1. The lowest BCUT2D eigenvalue weighted by molar-refractivity contribution is 0.536. The van der Waals surface area contributed by atoms with E-state index in [1.807, 2.05) is 18.2 Å². The van der Waals surface area contributed by atoms with Gasteiger partial charge in [0.05, 0.1) is 22.7 Å². The first-order chi connectivity index (χ1) is 9.69. The van der Waals surface area contributed by atoms with Crippen molar-refractivity contribution in [1.82, 2.24) is 9.55 Å². The Kier molecular flexibility index (Phi) is 3.29. The second kappa shape index (κ2) is 5.10. The van der Waals surface area contributed by atoms with Gasteiger partial charge in [0.1, 0.15) is 5.82 Å². The smallest absolute Gasteiger partial charge is 0.141 e. The first-order valence-corrected chi connectivity index (χ1v) is 7.56. The van der Waals surface area contributed by atoms with Gasteiger partial charge >= 0.3 is 0 Å². The van der Waals surface area contributed by atoms with Crippen LogP contribution in [0.15, 0.2) is 35.0 Å². The van der Waals surface area contributed by atoms with Crippen molar-refractivity contribution in [2.24, 2.45) is 5.92 Å². The van der Waals surface area contributed by atoms with Crippen molar-refractivity contribution in [3.8, 4) is 17.5 Å². The van der Waals surface area contributed by atoms with Crippen LogP contribution in [0.4, 0.5) is 0 Å². The van der Waals surface area contributed by atoms with E-state index in [0.717, 1.165) is 29.0 Å². The number of aromatic nitrogens is 2. The summed E-state index contributed by atoms with van der Waals surface area (Å²) < 4.78 is 2.25. The number of imidazole rings is 1. The molecule has 0 saturated heterocycles. The van der Waals surface area contributed by atoms with Crippen molar-refractivity contribution in [2.45, 2.75) is 20.4 Å². The molecule has 0 N–H and O–H groups in total. The number of fused-ring (bicyclic) bond motifs is 1. The molecular formula is C16H15N3S. The van der Waals surface area contributed by atoms with Crippen LogP contribution < -0.4 is 0 Å². The van der Waals surface area contributed by atoms with Crippen molar-refractivity contribution in [3.63, 3.8) is 0 Å². The van der Waals surface area contributed by atoms with Gasteiger partial charge in [0, 0.05) is 17.5 Å². The Balaban J connectivity index is 2.24. The number of thiophene rings is 1. The minimum Gasteiger partial charge on any atom is -0.324 e. The molecule has 0 aliphatic rings. The number of hydrogen-bond acceptors (Lipinski definition) is 3. The third-order valence-electron chi connectivity index (χ3n) is 3.20. The van der Waals surface area contributed by atoms with E-state index in [4.69, 9.17) is 10.2 Å². The second-order valence-electron chi connectivity index (χ2n) is 5.27. The second-order valence-corrected chi connectivity index (χ2v) is 6.05. The van der Waals surface area contributed by atoms with Crippen LogP contribution >= 0.6 is 11.3 Å². The fraction of sp³-hybridized carbons (Fsp3) is 0.250. The first-order valence-electron chi connectivity index (χ1n) is 6.62. The molecule has 0 amide bonds. The normalized spacial score (nSPS) is 11.1. The quantitative estimate of drug-likeness (QED) is 0.718. The number of nitrogens with zero attached hydrogens (tertiary/aromatic N) is 3. The maximum Gasteiger partial charge on any atom is 0.141 e. The highest BCUT2D eigenvalue weighted by Gasteiger charge is 2.14. The highest BCUT2D eigenvalue weighted by Crippen LogP contribution is 2.27. The van der Waals surface area contributed by atoms with Crippen molar-refractivity contribution in [2.75, 3.05) is 0 Å². The lowest BCUT2D eigenvalue weighted by Gasteiger charge is -2.11. The van der Waals surface area contributed by atoms with E-state index >= 15 is 0 Å². The molecule has 1 aromatic carbocycles. The monoisotopic (exact) mass is 281 g/mol. The molecule has 0 atom stereocenters. The van der Waals surface area contributed by atoms with Crippen molar-refractivity contribution in [1.29, 1.82) is 5.26 Å². The van der Waals surface area contributed by atoms with E-state index < -0.39 is 0 Å². The minimum absolute atomic E-state index is 0.542. The Labute approximate surface area is 122 Å². The third-order valence-corrected chi connectivity index (χ3v) is 3.89. The molecule has 20 heavy (non-hydrogen) atoms. The zero-order valence-corrected chi connectivity index (χ0v) is 12.3. The molecule has 3 aromatic rings. The molecule has 3 nitrogen and oxygen atoms in total. The van der Waals surface area contributed by atoms with Gasteiger partial charge in [-0.2, -0.15) is 16.6 Å². The third kappa shape index (κ3) is 2.21. The van der Waals surface area contributed by atoms with E-state index in [-0.39, 0.29) is 0 Å². The first kappa shape index (κ1) is 12.9. The van der Waals surface area contributed by atoms with Gasteiger partial charge in [-0.05, 0) is 35.6 Å².